The van der Waals surface area contributed by atoms with Crippen LogP contribution in [0.2, 0.25) is 0 Å². The highest BCUT2D eigenvalue weighted by atomic mass is 15.2. The molecule has 0 saturated carbocycles. The zero-order valence-corrected chi connectivity index (χ0v) is 11.7. The predicted molar refractivity (Wildman–Crippen MR) is 78.9 cm³/mol. The summed E-state index contributed by atoms with van der Waals surface area (Å²) in [5, 5.41) is 6.97. The number of fused-ring (bicyclic) bond motifs is 1. The van der Waals surface area contributed by atoms with E-state index in [0.717, 1.165) is 37.3 Å². The summed E-state index contributed by atoms with van der Waals surface area (Å²) in [6, 6.07) is 4.57. The average Bonchev–Trinajstić information content (AvgIpc) is 3.15. The lowest BCUT2D eigenvalue weighted by Gasteiger charge is -2.27. The molecule has 2 fully saturated rings. The fraction of sp³-hybridized carbons (Fsp3) is 0.600. The van der Waals surface area contributed by atoms with Crippen molar-refractivity contribution in [3.63, 3.8) is 0 Å². The predicted octanol–water partition coefficient (Wildman–Crippen LogP) is 1.43. The Kier molecular flexibility index (Phi) is 3.16. The van der Waals surface area contributed by atoms with Crippen LogP contribution in [0, 0.1) is 0 Å². The molecule has 0 bridgehead atoms. The molecule has 2 atom stereocenters. The van der Waals surface area contributed by atoms with E-state index >= 15 is 0 Å². The normalized spacial score (nSPS) is 27.2. The highest BCUT2D eigenvalue weighted by molar-refractivity contribution is 5.71. The Morgan fingerprint density at radius 2 is 2.10 bits per heavy atom. The third-order valence-corrected chi connectivity index (χ3v) is 4.54. The molecule has 106 valence electrons. The number of pyridine rings is 1. The van der Waals surface area contributed by atoms with Gasteiger partial charge >= 0.3 is 0 Å². The Morgan fingerprint density at radius 3 is 2.90 bits per heavy atom. The van der Waals surface area contributed by atoms with Crippen LogP contribution in [0.5, 0.6) is 0 Å². The van der Waals surface area contributed by atoms with Crippen LogP contribution in [0.3, 0.4) is 0 Å². The molecule has 2 N–H and O–H groups in total. The van der Waals surface area contributed by atoms with Crippen LogP contribution in [0.1, 0.15) is 37.0 Å². The highest BCUT2D eigenvalue weighted by Gasteiger charge is 2.28. The number of rotatable bonds is 2. The second-order valence-corrected chi connectivity index (χ2v) is 5.88. The van der Waals surface area contributed by atoms with E-state index in [1.165, 1.54) is 25.1 Å². The van der Waals surface area contributed by atoms with E-state index in [2.05, 4.69) is 26.3 Å². The van der Waals surface area contributed by atoms with Crippen molar-refractivity contribution in [2.24, 2.45) is 0 Å². The zero-order chi connectivity index (χ0) is 13.4. The first-order chi connectivity index (χ1) is 9.93. The summed E-state index contributed by atoms with van der Waals surface area (Å²) >= 11 is 0. The molecule has 2 unspecified atom stereocenters. The molecule has 4 rings (SSSR count). The van der Waals surface area contributed by atoms with Crippen molar-refractivity contribution in [1.82, 2.24) is 25.2 Å². The van der Waals surface area contributed by atoms with Gasteiger partial charge in [0.15, 0.2) is 5.65 Å². The van der Waals surface area contributed by atoms with Crippen LogP contribution in [-0.4, -0.2) is 40.7 Å². The minimum atomic E-state index is 0.499. The molecule has 4 heterocycles. The van der Waals surface area contributed by atoms with Gasteiger partial charge in [0.1, 0.15) is 11.3 Å². The third-order valence-electron chi connectivity index (χ3n) is 4.54. The van der Waals surface area contributed by atoms with Gasteiger partial charge in [-0.15, -0.1) is 0 Å². The maximum absolute atomic E-state index is 4.90. The van der Waals surface area contributed by atoms with Gasteiger partial charge in [0.25, 0.3) is 0 Å². The van der Waals surface area contributed by atoms with Gasteiger partial charge in [0, 0.05) is 31.2 Å². The number of piperidine rings is 1. The molecule has 0 aliphatic carbocycles. The average molecular weight is 271 g/mol. The number of nitrogens with one attached hydrogen (secondary N) is 2. The molecule has 0 amide bonds. The van der Waals surface area contributed by atoms with E-state index < -0.39 is 0 Å². The van der Waals surface area contributed by atoms with Gasteiger partial charge in [-0.05, 0) is 44.5 Å². The van der Waals surface area contributed by atoms with Gasteiger partial charge in [0.2, 0.25) is 0 Å². The van der Waals surface area contributed by atoms with Gasteiger partial charge in [0.05, 0.1) is 0 Å². The lowest BCUT2D eigenvalue weighted by molar-refractivity contribution is 0.364. The van der Waals surface area contributed by atoms with Crippen LogP contribution in [0.15, 0.2) is 18.3 Å². The van der Waals surface area contributed by atoms with E-state index in [0.29, 0.717) is 12.0 Å². The van der Waals surface area contributed by atoms with Crippen LogP contribution in [0.4, 0.5) is 0 Å². The molecule has 0 radical (unpaired) electrons. The molecule has 5 heteroatoms. The first-order valence-corrected chi connectivity index (χ1v) is 7.68. The van der Waals surface area contributed by atoms with E-state index in [-0.39, 0.29) is 0 Å². The molecule has 2 aromatic heterocycles. The first-order valence-electron chi connectivity index (χ1n) is 7.68. The summed E-state index contributed by atoms with van der Waals surface area (Å²) < 4.78 is 2.42. The smallest absolute Gasteiger partial charge is 0.160 e. The van der Waals surface area contributed by atoms with Crippen LogP contribution in [-0.2, 0) is 0 Å². The summed E-state index contributed by atoms with van der Waals surface area (Å²) in [7, 11) is 0. The summed E-state index contributed by atoms with van der Waals surface area (Å²) in [6.45, 7) is 4.32. The van der Waals surface area contributed by atoms with E-state index in [1.807, 2.05) is 12.3 Å². The molecule has 0 spiro atoms. The maximum Gasteiger partial charge on any atom is 0.160 e. The number of hydrogen-bond acceptors (Lipinski definition) is 4. The number of nitrogens with zero attached hydrogens (tertiary/aromatic N) is 3. The van der Waals surface area contributed by atoms with Gasteiger partial charge in [-0.1, -0.05) is 0 Å². The Morgan fingerprint density at radius 1 is 1.15 bits per heavy atom. The first kappa shape index (κ1) is 12.3. The van der Waals surface area contributed by atoms with Crippen molar-refractivity contribution in [3.8, 4) is 0 Å². The largest absolute Gasteiger partial charge is 0.316 e. The summed E-state index contributed by atoms with van der Waals surface area (Å²) in [4.78, 5) is 9.50. The van der Waals surface area contributed by atoms with Gasteiger partial charge in [-0.25, -0.2) is 9.97 Å². The molecule has 20 heavy (non-hydrogen) atoms. The van der Waals surface area contributed by atoms with E-state index in [4.69, 9.17) is 4.98 Å². The lowest BCUT2D eigenvalue weighted by atomic mass is 10.0. The van der Waals surface area contributed by atoms with Gasteiger partial charge in [-0.2, -0.15) is 0 Å². The Labute approximate surface area is 118 Å². The molecule has 2 aliphatic rings. The van der Waals surface area contributed by atoms with Crippen LogP contribution in [0.25, 0.3) is 11.2 Å². The van der Waals surface area contributed by atoms with E-state index in [1.54, 1.807) is 0 Å². The van der Waals surface area contributed by atoms with Crippen molar-refractivity contribution in [1.29, 1.82) is 0 Å². The van der Waals surface area contributed by atoms with Crippen molar-refractivity contribution < 1.29 is 0 Å². The van der Waals surface area contributed by atoms with Crippen molar-refractivity contribution in [2.75, 3.05) is 26.2 Å². The maximum atomic E-state index is 4.90. The summed E-state index contributed by atoms with van der Waals surface area (Å²) in [6.07, 6.45) is 5.53. The Hall–Kier alpha value is -1.46. The van der Waals surface area contributed by atoms with Crippen molar-refractivity contribution >= 4 is 11.2 Å². The Balaban J connectivity index is 1.83. The van der Waals surface area contributed by atoms with Crippen molar-refractivity contribution in [2.45, 2.75) is 31.2 Å². The van der Waals surface area contributed by atoms with E-state index in [9.17, 15) is 0 Å². The SMILES string of the molecule is c1cnc2c(c1)nc(C1CCNC1)n2C1CCCNC1. The summed E-state index contributed by atoms with van der Waals surface area (Å²) in [5.74, 6) is 1.77. The topological polar surface area (TPSA) is 54.8 Å². The molecule has 0 aromatic carbocycles. The van der Waals surface area contributed by atoms with Gasteiger partial charge in [-0.3, -0.25) is 0 Å². The lowest BCUT2D eigenvalue weighted by Crippen LogP contribution is -2.33. The fourth-order valence-corrected chi connectivity index (χ4v) is 3.52. The minimum absolute atomic E-state index is 0.499. The van der Waals surface area contributed by atoms with Crippen LogP contribution < -0.4 is 10.6 Å². The monoisotopic (exact) mass is 271 g/mol. The Bertz CT molecular complexity index is 593. The molecule has 2 saturated heterocycles. The molecule has 2 aliphatic heterocycles. The number of imidazole rings is 1. The number of hydrogen-bond donors (Lipinski definition) is 2. The molecular weight excluding hydrogens is 250 g/mol. The fourth-order valence-electron chi connectivity index (χ4n) is 3.52. The second-order valence-electron chi connectivity index (χ2n) is 5.88. The zero-order valence-electron chi connectivity index (χ0n) is 11.7. The molecule has 5 nitrogen and oxygen atoms in total. The van der Waals surface area contributed by atoms with Crippen LogP contribution >= 0.6 is 0 Å². The molecular formula is C15H21N5. The van der Waals surface area contributed by atoms with Gasteiger partial charge < -0.3 is 15.2 Å². The van der Waals surface area contributed by atoms with Crippen molar-refractivity contribution in [3.05, 3.63) is 24.2 Å². The summed E-state index contributed by atoms with van der Waals surface area (Å²) in [5.41, 5.74) is 2.10. The molecule has 2 aromatic rings. The third kappa shape index (κ3) is 2.01. The quantitative estimate of drug-likeness (QED) is 0.867. The number of aromatic nitrogens is 3. The highest BCUT2D eigenvalue weighted by Crippen LogP contribution is 2.30. The standard InChI is InChI=1S/C15H21N5/c1-3-12(10-16-6-1)20-14(11-5-8-17-9-11)19-13-4-2-7-18-15(13)20/h2,4,7,11-12,16-17H,1,3,5-6,8-10H2. The second kappa shape index (κ2) is 5.14. The minimum Gasteiger partial charge on any atom is -0.316 e.